The van der Waals surface area contributed by atoms with E-state index in [0.717, 1.165) is 41.7 Å². The fourth-order valence-corrected chi connectivity index (χ4v) is 4.91. The van der Waals surface area contributed by atoms with Crippen LogP contribution < -0.4 is 10.3 Å². The van der Waals surface area contributed by atoms with Gasteiger partial charge < -0.3 is 14.5 Å². The quantitative estimate of drug-likeness (QED) is 0.410. The van der Waals surface area contributed by atoms with E-state index in [4.69, 9.17) is 9.47 Å². The van der Waals surface area contributed by atoms with Crippen LogP contribution in [0.4, 0.5) is 0 Å². The summed E-state index contributed by atoms with van der Waals surface area (Å²) in [6.45, 7) is 3.47. The number of fused-ring (bicyclic) bond motifs is 1. The number of H-pyrrole nitrogens is 1. The van der Waals surface area contributed by atoms with Crippen LogP contribution in [0.15, 0.2) is 58.5 Å². The zero-order valence-corrected chi connectivity index (χ0v) is 19.3. The summed E-state index contributed by atoms with van der Waals surface area (Å²) in [4.78, 5) is 20.1. The van der Waals surface area contributed by atoms with E-state index in [1.165, 1.54) is 11.8 Å². The molecule has 1 aliphatic rings. The van der Waals surface area contributed by atoms with Crippen molar-refractivity contribution in [3.63, 3.8) is 0 Å². The van der Waals surface area contributed by atoms with Gasteiger partial charge in [-0.25, -0.2) is 4.98 Å². The zero-order valence-electron chi connectivity index (χ0n) is 18.5. The summed E-state index contributed by atoms with van der Waals surface area (Å²) in [6.07, 6.45) is 2.21. The number of benzene rings is 2. The standard InChI is InChI=1S/C24H25N5O3S/c1-15(21-25-20-8-4-3-7-19(20)23(30)26-21)33-24-28-27-22(16-9-11-17(31-2)12-10-16)29(24)14-18-6-5-13-32-18/h3-4,7-12,15,18H,5-6,13-14H2,1-2H3,(H,25,26,30). The van der Waals surface area contributed by atoms with E-state index in [0.29, 0.717) is 23.3 Å². The first-order chi connectivity index (χ1) is 16.1. The smallest absolute Gasteiger partial charge is 0.258 e. The van der Waals surface area contributed by atoms with E-state index in [-0.39, 0.29) is 16.9 Å². The molecular formula is C24H25N5O3S. The lowest BCUT2D eigenvalue weighted by atomic mass is 10.2. The van der Waals surface area contributed by atoms with Crippen LogP contribution in [0.25, 0.3) is 22.3 Å². The monoisotopic (exact) mass is 463 g/mol. The van der Waals surface area contributed by atoms with Gasteiger partial charge in [-0.3, -0.25) is 9.36 Å². The molecule has 3 heterocycles. The second-order valence-corrected chi connectivity index (χ2v) is 9.32. The Bertz CT molecular complexity index is 1310. The second kappa shape index (κ2) is 9.36. The van der Waals surface area contributed by atoms with Gasteiger partial charge in [0.05, 0.1) is 35.9 Å². The highest BCUT2D eigenvalue weighted by atomic mass is 32.2. The van der Waals surface area contributed by atoms with E-state index in [9.17, 15) is 4.79 Å². The lowest BCUT2D eigenvalue weighted by molar-refractivity contribution is 0.0953. The number of para-hydroxylation sites is 1. The molecular weight excluding hydrogens is 438 g/mol. The SMILES string of the molecule is COc1ccc(-c2nnc(SC(C)c3nc4ccccc4c(=O)[nH]3)n2CC2CCCO2)cc1. The van der Waals surface area contributed by atoms with Crippen molar-refractivity contribution in [3.8, 4) is 17.1 Å². The molecule has 1 saturated heterocycles. The van der Waals surface area contributed by atoms with Gasteiger partial charge in [-0.2, -0.15) is 0 Å². The Morgan fingerprint density at radius 1 is 1.21 bits per heavy atom. The van der Waals surface area contributed by atoms with Crippen LogP contribution in [0.5, 0.6) is 5.75 Å². The highest BCUT2D eigenvalue weighted by molar-refractivity contribution is 7.99. The third-order valence-corrected chi connectivity index (χ3v) is 6.86. The number of aromatic nitrogens is 5. The van der Waals surface area contributed by atoms with Gasteiger partial charge in [0.25, 0.3) is 5.56 Å². The molecule has 170 valence electrons. The lowest BCUT2D eigenvalue weighted by Gasteiger charge is -2.16. The minimum Gasteiger partial charge on any atom is -0.497 e. The van der Waals surface area contributed by atoms with Crippen LogP contribution in [0.2, 0.25) is 0 Å². The van der Waals surface area contributed by atoms with Gasteiger partial charge in [-0.1, -0.05) is 23.9 Å². The van der Waals surface area contributed by atoms with Gasteiger partial charge in [0.1, 0.15) is 11.6 Å². The van der Waals surface area contributed by atoms with Crippen molar-refractivity contribution < 1.29 is 9.47 Å². The van der Waals surface area contributed by atoms with Crippen LogP contribution >= 0.6 is 11.8 Å². The van der Waals surface area contributed by atoms with Gasteiger partial charge >= 0.3 is 0 Å². The number of rotatable bonds is 7. The summed E-state index contributed by atoms with van der Waals surface area (Å²) in [5.41, 5.74) is 1.50. The maximum Gasteiger partial charge on any atom is 0.258 e. The zero-order chi connectivity index (χ0) is 22.8. The average molecular weight is 464 g/mol. The van der Waals surface area contributed by atoms with Crippen LogP contribution in [0.3, 0.4) is 0 Å². The van der Waals surface area contributed by atoms with Crippen molar-refractivity contribution in [2.45, 2.75) is 42.8 Å². The summed E-state index contributed by atoms with van der Waals surface area (Å²) in [6, 6.07) is 15.2. The maximum atomic E-state index is 12.5. The Morgan fingerprint density at radius 2 is 2.03 bits per heavy atom. The third kappa shape index (κ3) is 4.51. The van der Waals surface area contributed by atoms with Crippen LogP contribution in [-0.4, -0.2) is 44.6 Å². The molecule has 0 amide bonds. The Kier molecular flexibility index (Phi) is 6.15. The first-order valence-electron chi connectivity index (χ1n) is 11.0. The molecule has 0 aliphatic carbocycles. The second-order valence-electron chi connectivity index (χ2n) is 8.01. The summed E-state index contributed by atoms with van der Waals surface area (Å²) in [5.74, 6) is 2.18. The van der Waals surface area contributed by atoms with Gasteiger partial charge in [-0.05, 0) is 56.2 Å². The number of nitrogens with one attached hydrogen (secondary N) is 1. The van der Waals surface area contributed by atoms with Gasteiger partial charge in [0, 0.05) is 12.2 Å². The molecule has 2 aromatic heterocycles. The molecule has 0 radical (unpaired) electrons. The molecule has 0 saturated carbocycles. The van der Waals surface area contributed by atoms with Crippen molar-refractivity contribution in [1.82, 2.24) is 24.7 Å². The number of nitrogens with zero attached hydrogens (tertiary/aromatic N) is 4. The number of methoxy groups -OCH3 is 1. The Labute approximate surface area is 195 Å². The van der Waals surface area contributed by atoms with E-state index < -0.39 is 0 Å². The molecule has 1 N–H and O–H groups in total. The molecule has 9 heteroatoms. The van der Waals surface area contributed by atoms with Crippen molar-refractivity contribution in [2.24, 2.45) is 0 Å². The maximum absolute atomic E-state index is 12.5. The van der Waals surface area contributed by atoms with Gasteiger partial charge in [0.2, 0.25) is 0 Å². The highest BCUT2D eigenvalue weighted by Crippen LogP contribution is 2.35. The van der Waals surface area contributed by atoms with Gasteiger partial charge in [-0.15, -0.1) is 10.2 Å². The van der Waals surface area contributed by atoms with Crippen LogP contribution in [0.1, 0.15) is 30.8 Å². The minimum absolute atomic E-state index is 0.126. The predicted molar refractivity (Wildman–Crippen MR) is 128 cm³/mol. The molecule has 1 fully saturated rings. The van der Waals surface area contributed by atoms with Crippen molar-refractivity contribution in [2.75, 3.05) is 13.7 Å². The fraction of sp³-hybridized carbons (Fsp3) is 0.333. The summed E-state index contributed by atoms with van der Waals surface area (Å²) in [5, 5.41) is 10.2. The number of thioether (sulfide) groups is 1. The summed E-state index contributed by atoms with van der Waals surface area (Å²) in [7, 11) is 1.65. The summed E-state index contributed by atoms with van der Waals surface area (Å²) < 4.78 is 13.3. The molecule has 33 heavy (non-hydrogen) atoms. The molecule has 0 bridgehead atoms. The normalized spacial score (nSPS) is 16.8. The number of hydrogen-bond acceptors (Lipinski definition) is 7. The topological polar surface area (TPSA) is 94.9 Å². The van der Waals surface area contributed by atoms with E-state index in [1.54, 1.807) is 13.2 Å². The summed E-state index contributed by atoms with van der Waals surface area (Å²) >= 11 is 1.52. The van der Waals surface area contributed by atoms with Crippen LogP contribution in [-0.2, 0) is 11.3 Å². The Balaban J connectivity index is 1.47. The molecule has 0 spiro atoms. The van der Waals surface area contributed by atoms with Crippen LogP contribution in [0, 0.1) is 0 Å². The Morgan fingerprint density at radius 3 is 2.79 bits per heavy atom. The van der Waals surface area contributed by atoms with E-state index in [1.807, 2.05) is 49.4 Å². The number of aromatic amines is 1. The highest BCUT2D eigenvalue weighted by Gasteiger charge is 2.24. The molecule has 2 atom stereocenters. The minimum atomic E-state index is -0.136. The first-order valence-corrected chi connectivity index (χ1v) is 11.8. The largest absolute Gasteiger partial charge is 0.497 e. The van der Waals surface area contributed by atoms with Crippen molar-refractivity contribution in [3.05, 3.63) is 64.7 Å². The molecule has 5 rings (SSSR count). The average Bonchev–Trinajstić information content (AvgIpc) is 3.50. The van der Waals surface area contributed by atoms with Crippen molar-refractivity contribution >= 4 is 22.7 Å². The van der Waals surface area contributed by atoms with Crippen molar-refractivity contribution in [1.29, 1.82) is 0 Å². The fourth-order valence-electron chi connectivity index (χ4n) is 4.00. The third-order valence-electron chi connectivity index (χ3n) is 5.77. The molecule has 2 unspecified atom stereocenters. The lowest BCUT2D eigenvalue weighted by Crippen LogP contribution is -2.17. The van der Waals surface area contributed by atoms with E-state index in [2.05, 4.69) is 24.7 Å². The van der Waals surface area contributed by atoms with Gasteiger partial charge in [0.15, 0.2) is 11.0 Å². The molecule has 8 nitrogen and oxygen atoms in total. The number of ether oxygens (including phenoxy) is 2. The molecule has 1 aliphatic heterocycles. The molecule has 2 aromatic carbocycles. The van der Waals surface area contributed by atoms with E-state index >= 15 is 0 Å². The first kappa shape index (κ1) is 21.7. The Hall–Kier alpha value is -3.17. The predicted octanol–water partition coefficient (Wildman–Crippen LogP) is 4.22. The number of hydrogen-bond donors (Lipinski definition) is 1. The molecule has 4 aromatic rings.